The zero-order valence-electron chi connectivity index (χ0n) is 23.5. The summed E-state index contributed by atoms with van der Waals surface area (Å²) in [5.41, 5.74) is 7.70. The van der Waals surface area contributed by atoms with Crippen molar-refractivity contribution in [2.24, 2.45) is 0 Å². The number of fused-ring (bicyclic) bond motifs is 2. The third kappa shape index (κ3) is 5.62. The number of hydrogen-bond donors (Lipinski definition) is 3. The number of H-pyrrole nitrogens is 2. The van der Waals surface area contributed by atoms with Gasteiger partial charge in [-0.15, -0.1) is 0 Å². The number of pyridine rings is 2. The van der Waals surface area contributed by atoms with Crippen LogP contribution in [0, 0.1) is 5.82 Å². The monoisotopic (exact) mass is 549 g/mol. The molecular weight excluding hydrogens is 517 g/mol. The molecule has 0 saturated heterocycles. The Kier molecular flexibility index (Phi) is 7.11. The van der Waals surface area contributed by atoms with E-state index in [-0.39, 0.29) is 5.82 Å². The molecule has 0 aliphatic carbocycles. The molecule has 0 saturated carbocycles. The van der Waals surface area contributed by atoms with Crippen LogP contribution in [0.1, 0.15) is 13.8 Å². The molecule has 0 radical (unpaired) electrons. The van der Waals surface area contributed by atoms with Crippen molar-refractivity contribution < 1.29 is 9.13 Å². The van der Waals surface area contributed by atoms with Crippen molar-refractivity contribution in [1.29, 1.82) is 0 Å². The fourth-order valence-electron chi connectivity index (χ4n) is 4.94. The van der Waals surface area contributed by atoms with E-state index < -0.39 is 0 Å². The standard InChI is InChI=1S/C32H32FN7O/c1-19(2)36-24-7-5-6-20(11-24)22-13-27-31(38-39-32(27)35-16-22)29-15-26-28(17-34-18-30(26)37-29)21-10-23(33)14-25(12-21)41-9-8-40(3)4/h5-7,10-19,36-37H,8-9H2,1-4H3,(H,35,38,39). The van der Waals surface area contributed by atoms with Gasteiger partial charge in [-0.2, -0.15) is 5.10 Å². The van der Waals surface area contributed by atoms with Gasteiger partial charge in [-0.1, -0.05) is 12.1 Å². The SMILES string of the molecule is CC(C)Nc1cccc(-c2cnc3[nH]nc(-c4cc5c(-c6cc(F)cc(OCCN(C)C)c6)cncc5[nH]4)c3c2)c1. The Morgan fingerprint density at radius 3 is 2.66 bits per heavy atom. The number of aromatic amines is 2. The van der Waals surface area contributed by atoms with Crippen LogP contribution in [0.25, 0.3) is 55.6 Å². The van der Waals surface area contributed by atoms with Crippen LogP contribution >= 0.6 is 0 Å². The zero-order chi connectivity index (χ0) is 28.5. The molecule has 6 rings (SSSR count). The van der Waals surface area contributed by atoms with Crippen molar-refractivity contribution in [3.05, 3.63) is 79.0 Å². The van der Waals surface area contributed by atoms with Crippen LogP contribution in [0.3, 0.4) is 0 Å². The molecule has 41 heavy (non-hydrogen) atoms. The van der Waals surface area contributed by atoms with Crippen LogP contribution in [0.2, 0.25) is 0 Å². The Balaban J connectivity index is 1.37. The molecular formula is C32H32FN7O. The predicted molar refractivity (Wildman–Crippen MR) is 163 cm³/mol. The number of aromatic nitrogens is 5. The van der Waals surface area contributed by atoms with Crippen LogP contribution < -0.4 is 10.1 Å². The maximum Gasteiger partial charge on any atom is 0.155 e. The van der Waals surface area contributed by atoms with Gasteiger partial charge >= 0.3 is 0 Å². The van der Waals surface area contributed by atoms with Crippen molar-refractivity contribution in [2.75, 3.05) is 32.6 Å². The number of anilines is 1. The summed E-state index contributed by atoms with van der Waals surface area (Å²) in [6.45, 7) is 5.44. The quantitative estimate of drug-likeness (QED) is 0.185. The molecule has 0 unspecified atom stereocenters. The molecule has 4 heterocycles. The molecule has 0 fully saturated rings. The van der Waals surface area contributed by atoms with Gasteiger partial charge in [0, 0.05) is 58.6 Å². The summed E-state index contributed by atoms with van der Waals surface area (Å²) in [6, 6.07) is 17.5. The summed E-state index contributed by atoms with van der Waals surface area (Å²) >= 11 is 0. The Hall–Kier alpha value is -4.76. The minimum absolute atomic E-state index is 0.335. The van der Waals surface area contributed by atoms with E-state index in [2.05, 4.69) is 68.6 Å². The fourth-order valence-corrected chi connectivity index (χ4v) is 4.94. The predicted octanol–water partition coefficient (Wildman–Crippen LogP) is 6.74. The summed E-state index contributed by atoms with van der Waals surface area (Å²) in [6.07, 6.45) is 5.37. The number of hydrogen-bond acceptors (Lipinski definition) is 6. The van der Waals surface area contributed by atoms with E-state index in [4.69, 9.17) is 4.74 Å². The first-order chi connectivity index (χ1) is 19.8. The lowest BCUT2D eigenvalue weighted by Crippen LogP contribution is -2.19. The normalized spacial score (nSPS) is 11.7. The van der Waals surface area contributed by atoms with E-state index in [1.165, 1.54) is 12.1 Å². The minimum atomic E-state index is -0.361. The molecule has 8 nitrogen and oxygen atoms in total. The van der Waals surface area contributed by atoms with E-state index in [0.29, 0.717) is 29.6 Å². The van der Waals surface area contributed by atoms with Gasteiger partial charge in [0.2, 0.25) is 0 Å². The fraction of sp³-hybridized carbons (Fsp3) is 0.219. The molecule has 9 heteroatoms. The summed E-state index contributed by atoms with van der Waals surface area (Å²) in [4.78, 5) is 14.5. The van der Waals surface area contributed by atoms with Gasteiger partial charge in [-0.05, 0) is 75.5 Å². The minimum Gasteiger partial charge on any atom is -0.492 e. The Morgan fingerprint density at radius 1 is 0.951 bits per heavy atom. The second-order valence-corrected chi connectivity index (χ2v) is 10.7. The molecule has 3 N–H and O–H groups in total. The number of ether oxygens (including phenoxy) is 1. The lowest BCUT2D eigenvalue weighted by Gasteiger charge is -2.12. The molecule has 6 aromatic rings. The molecule has 0 atom stereocenters. The van der Waals surface area contributed by atoms with Crippen molar-refractivity contribution in [3.8, 4) is 39.4 Å². The maximum atomic E-state index is 14.6. The van der Waals surface area contributed by atoms with E-state index in [1.807, 2.05) is 43.4 Å². The average molecular weight is 550 g/mol. The first kappa shape index (κ1) is 26.5. The Labute approximate surface area is 237 Å². The van der Waals surface area contributed by atoms with E-state index in [0.717, 1.165) is 56.6 Å². The van der Waals surface area contributed by atoms with Gasteiger partial charge in [-0.3, -0.25) is 10.1 Å². The highest BCUT2D eigenvalue weighted by Gasteiger charge is 2.16. The molecule has 0 amide bonds. The van der Waals surface area contributed by atoms with Crippen molar-refractivity contribution in [2.45, 2.75) is 19.9 Å². The number of likely N-dealkylation sites (N-methyl/N-ethyl adjacent to an activating group) is 1. The van der Waals surface area contributed by atoms with Crippen molar-refractivity contribution in [3.63, 3.8) is 0 Å². The van der Waals surface area contributed by atoms with Gasteiger partial charge in [0.1, 0.15) is 23.9 Å². The molecule has 0 aliphatic rings. The average Bonchev–Trinajstić information content (AvgIpc) is 3.56. The second kappa shape index (κ2) is 11.0. The van der Waals surface area contributed by atoms with Gasteiger partial charge in [-0.25, -0.2) is 9.37 Å². The van der Waals surface area contributed by atoms with Crippen LogP contribution in [-0.2, 0) is 0 Å². The summed E-state index contributed by atoms with van der Waals surface area (Å²) in [7, 11) is 3.94. The van der Waals surface area contributed by atoms with Crippen molar-refractivity contribution in [1.82, 2.24) is 30.0 Å². The third-order valence-electron chi connectivity index (χ3n) is 6.86. The summed E-state index contributed by atoms with van der Waals surface area (Å²) in [5, 5.41) is 12.9. The van der Waals surface area contributed by atoms with Crippen LogP contribution in [0.4, 0.5) is 10.1 Å². The number of rotatable bonds is 9. The van der Waals surface area contributed by atoms with Crippen molar-refractivity contribution >= 4 is 27.6 Å². The van der Waals surface area contributed by atoms with Gasteiger partial charge < -0.3 is 19.9 Å². The number of benzene rings is 2. The van der Waals surface area contributed by atoms with Gasteiger partial charge in [0.15, 0.2) is 5.65 Å². The molecule has 0 spiro atoms. The highest BCUT2D eigenvalue weighted by atomic mass is 19.1. The zero-order valence-corrected chi connectivity index (χ0v) is 23.5. The summed E-state index contributed by atoms with van der Waals surface area (Å²) < 4.78 is 20.4. The lowest BCUT2D eigenvalue weighted by atomic mass is 10.0. The van der Waals surface area contributed by atoms with Gasteiger partial charge in [0.25, 0.3) is 0 Å². The van der Waals surface area contributed by atoms with E-state index in [1.54, 1.807) is 12.4 Å². The molecule has 0 bridgehead atoms. The number of halogens is 1. The molecule has 2 aromatic carbocycles. The lowest BCUT2D eigenvalue weighted by molar-refractivity contribution is 0.260. The van der Waals surface area contributed by atoms with E-state index in [9.17, 15) is 4.39 Å². The van der Waals surface area contributed by atoms with E-state index >= 15 is 0 Å². The molecule has 4 aromatic heterocycles. The second-order valence-electron chi connectivity index (χ2n) is 10.7. The molecule has 0 aliphatic heterocycles. The first-order valence-corrected chi connectivity index (χ1v) is 13.6. The highest BCUT2D eigenvalue weighted by molar-refractivity contribution is 6.00. The largest absolute Gasteiger partial charge is 0.492 e. The topological polar surface area (TPSA) is 94.8 Å². The first-order valence-electron chi connectivity index (χ1n) is 13.6. The van der Waals surface area contributed by atoms with Crippen LogP contribution in [0.15, 0.2) is 73.2 Å². The Morgan fingerprint density at radius 2 is 1.83 bits per heavy atom. The third-order valence-corrected chi connectivity index (χ3v) is 6.86. The maximum absolute atomic E-state index is 14.6. The Bertz CT molecular complexity index is 1840. The van der Waals surface area contributed by atoms with Gasteiger partial charge in [0.05, 0.1) is 17.4 Å². The molecule has 208 valence electrons. The number of nitrogens with one attached hydrogen (secondary N) is 3. The van der Waals surface area contributed by atoms with Crippen LogP contribution in [-0.4, -0.2) is 63.3 Å². The highest BCUT2D eigenvalue weighted by Crippen LogP contribution is 2.36. The number of nitrogens with zero attached hydrogens (tertiary/aromatic N) is 4. The van der Waals surface area contributed by atoms with Crippen LogP contribution in [0.5, 0.6) is 5.75 Å². The summed E-state index contributed by atoms with van der Waals surface area (Å²) in [5.74, 6) is 0.124. The smallest absolute Gasteiger partial charge is 0.155 e.